The lowest BCUT2D eigenvalue weighted by Crippen LogP contribution is -2.23. The van der Waals surface area contributed by atoms with Gasteiger partial charge in [-0.25, -0.2) is 4.98 Å². The van der Waals surface area contributed by atoms with E-state index in [0.717, 1.165) is 19.3 Å². The summed E-state index contributed by atoms with van der Waals surface area (Å²) in [7, 11) is 0. The summed E-state index contributed by atoms with van der Waals surface area (Å²) in [5, 5.41) is 13.5. The Labute approximate surface area is 109 Å². The summed E-state index contributed by atoms with van der Waals surface area (Å²) in [6.07, 6.45) is 6.54. The Bertz CT molecular complexity index is 481. The number of aliphatic carboxylic acids is 1. The molecular weight excluding hydrogens is 252 g/mol. The highest BCUT2D eigenvalue weighted by Gasteiger charge is 2.19. The number of carboxylic acid groups (broad SMARTS) is 1. The summed E-state index contributed by atoms with van der Waals surface area (Å²) in [6.45, 7) is 0. The van der Waals surface area contributed by atoms with Gasteiger partial charge < -0.3 is 10.4 Å². The zero-order valence-corrected chi connectivity index (χ0v) is 10.6. The Balaban J connectivity index is 1.92. The highest BCUT2D eigenvalue weighted by Crippen LogP contribution is 2.22. The maximum absolute atomic E-state index is 11.9. The molecule has 1 aromatic rings. The van der Waals surface area contributed by atoms with Gasteiger partial charge in [-0.15, -0.1) is 11.3 Å². The number of anilines is 1. The second-order valence-corrected chi connectivity index (χ2v) is 5.04. The molecule has 0 saturated carbocycles. The molecule has 0 unspecified atom stereocenters. The Morgan fingerprint density at radius 1 is 1.50 bits per heavy atom. The van der Waals surface area contributed by atoms with Gasteiger partial charge in [0.2, 0.25) is 5.91 Å². The number of nitrogens with zero attached hydrogens (tertiary/aromatic N) is 1. The van der Waals surface area contributed by atoms with Crippen molar-refractivity contribution in [2.75, 3.05) is 5.32 Å². The first-order chi connectivity index (χ1) is 8.65. The normalized spacial score (nSPS) is 18.6. The van der Waals surface area contributed by atoms with Gasteiger partial charge in [-0.1, -0.05) is 12.2 Å². The minimum atomic E-state index is -0.921. The minimum absolute atomic E-state index is 0.00169. The van der Waals surface area contributed by atoms with Crippen molar-refractivity contribution < 1.29 is 14.7 Å². The van der Waals surface area contributed by atoms with Crippen LogP contribution in [0.5, 0.6) is 0 Å². The van der Waals surface area contributed by atoms with Crippen LogP contribution in [0.3, 0.4) is 0 Å². The number of aromatic nitrogens is 1. The minimum Gasteiger partial charge on any atom is -0.481 e. The van der Waals surface area contributed by atoms with Gasteiger partial charge in [-0.3, -0.25) is 9.59 Å². The largest absolute Gasteiger partial charge is 0.481 e. The topological polar surface area (TPSA) is 79.3 Å². The third-order valence-electron chi connectivity index (χ3n) is 2.75. The van der Waals surface area contributed by atoms with E-state index in [4.69, 9.17) is 5.11 Å². The number of carbonyl (C=O) groups excluding carboxylic acids is 1. The number of nitrogens with one attached hydrogen (secondary N) is 1. The van der Waals surface area contributed by atoms with Gasteiger partial charge >= 0.3 is 5.97 Å². The molecule has 1 amide bonds. The summed E-state index contributed by atoms with van der Waals surface area (Å²) in [6, 6.07) is 0. The van der Waals surface area contributed by atoms with Crippen LogP contribution in [0.1, 0.15) is 25.0 Å². The third-order valence-corrected chi connectivity index (χ3v) is 3.56. The second-order valence-electron chi connectivity index (χ2n) is 4.19. The van der Waals surface area contributed by atoms with E-state index in [9.17, 15) is 9.59 Å². The van der Waals surface area contributed by atoms with E-state index in [1.165, 1.54) is 11.3 Å². The molecule has 2 rings (SSSR count). The maximum Gasteiger partial charge on any atom is 0.309 e. The molecule has 5 nitrogen and oxygen atoms in total. The number of carbonyl (C=O) groups is 2. The molecule has 1 aromatic heterocycles. The molecule has 0 saturated heterocycles. The van der Waals surface area contributed by atoms with Gasteiger partial charge in [0.15, 0.2) is 5.13 Å². The molecule has 0 bridgehead atoms. The molecule has 0 aliphatic heterocycles. The third kappa shape index (κ3) is 3.40. The van der Waals surface area contributed by atoms with Crippen molar-refractivity contribution in [1.29, 1.82) is 0 Å². The average Bonchev–Trinajstić information content (AvgIpc) is 2.76. The number of amides is 1. The Kier molecular flexibility index (Phi) is 4.09. The van der Waals surface area contributed by atoms with Crippen molar-refractivity contribution in [2.45, 2.75) is 25.7 Å². The van der Waals surface area contributed by atoms with Crippen LogP contribution in [-0.2, 0) is 16.0 Å². The molecule has 1 heterocycles. The number of allylic oxidation sites excluding steroid dienone is 2. The zero-order valence-electron chi connectivity index (χ0n) is 9.76. The second kappa shape index (κ2) is 5.77. The van der Waals surface area contributed by atoms with Crippen LogP contribution in [-0.4, -0.2) is 22.0 Å². The molecular formula is C12H14N2O3S. The number of carboxylic acids is 1. The van der Waals surface area contributed by atoms with Gasteiger partial charge in [-0.05, 0) is 19.3 Å². The van der Waals surface area contributed by atoms with Crippen LogP contribution in [0.15, 0.2) is 17.5 Å². The first-order valence-corrected chi connectivity index (χ1v) is 6.65. The Morgan fingerprint density at radius 3 is 3.00 bits per heavy atom. The van der Waals surface area contributed by atoms with Crippen LogP contribution >= 0.6 is 11.3 Å². The number of hydrogen-bond acceptors (Lipinski definition) is 4. The molecule has 0 radical (unpaired) electrons. The molecule has 2 N–H and O–H groups in total. The monoisotopic (exact) mass is 266 g/mol. The lowest BCUT2D eigenvalue weighted by atomic mass is 9.94. The number of hydrogen-bond donors (Lipinski definition) is 2. The van der Waals surface area contributed by atoms with Gasteiger partial charge in [0.05, 0.1) is 12.1 Å². The first-order valence-electron chi connectivity index (χ1n) is 5.77. The van der Waals surface area contributed by atoms with Crippen molar-refractivity contribution in [3.05, 3.63) is 23.2 Å². The first kappa shape index (κ1) is 12.8. The Morgan fingerprint density at radius 2 is 2.33 bits per heavy atom. The van der Waals surface area contributed by atoms with Gasteiger partial charge in [0.1, 0.15) is 0 Å². The fourth-order valence-corrected chi connectivity index (χ4v) is 2.55. The van der Waals surface area contributed by atoms with Crippen LogP contribution in [0.2, 0.25) is 0 Å². The highest BCUT2D eigenvalue weighted by atomic mass is 32.1. The highest BCUT2D eigenvalue weighted by molar-refractivity contribution is 7.13. The standard InChI is InChI=1S/C12H14N2O3S/c15-10(16)6-9-7-18-12(13-9)14-11(17)8-4-2-1-3-5-8/h1-2,7-8H,3-6H2,(H,15,16)(H,13,14,17)/t8-/m1/s1. The summed E-state index contributed by atoms with van der Waals surface area (Å²) in [5.41, 5.74) is 0.478. The van der Waals surface area contributed by atoms with Crippen molar-refractivity contribution in [3.63, 3.8) is 0 Å². The smallest absolute Gasteiger partial charge is 0.309 e. The average molecular weight is 266 g/mol. The van der Waals surface area contributed by atoms with Crippen LogP contribution in [0.4, 0.5) is 5.13 Å². The molecule has 0 spiro atoms. The van der Waals surface area contributed by atoms with Crippen LogP contribution in [0.25, 0.3) is 0 Å². The molecule has 1 aliphatic carbocycles. The summed E-state index contributed by atoms with van der Waals surface area (Å²) in [4.78, 5) is 26.5. The molecule has 1 atom stereocenters. The van der Waals surface area contributed by atoms with Gasteiger partial charge in [-0.2, -0.15) is 0 Å². The molecule has 0 fully saturated rings. The van der Waals surface area contributed by atoms with Gasteiger partial charge in [0.25, 0.3) is 0 Å². The van der Waals surface area contributed by atoms with Crippen LogP contribution < -0.4 is 5.32 Å². The summed E-state index contributed by atoms with van der Waals surface area (Å²) >= 11 is 1.26. The fraction of sp³-hybridized carbons (Fsp3) is 0.417. The SMILES string of the molecule is O=C(O)Cc1csc(NC(=O)[C@@H]2CC=CCC2)n1. The van der Waals surface area contributed by atoms with E-state index in [1.54, 1.807) is 5.38 Å². The van der Waals surface area contributed by atoms with Crippen molar-refractivity contribution >= 4 is 28.3 Å². The maximum atomic E-state index is 11.9. The van der Waals surface area contributed by atoms with E-state index < -0.39 is 5.97 Å². The molecule has 0 aromatic carbocycles. The van der Waals surface area contributed by atoms with Crippen molar-refractivity contribution in [1.82, 2.24) is 4.98 Å². The van der Waals surface area contributed by atoms with E-state index in [0.29, 0.717) is 10.8 Å². The molecule has 18 heavy (non-hydrogen) atoms. The fourth-order valence-electron chi connectivity index (χ4n) is 1.84. The van der Waals surface area contributed by atoms with Gasteiger partial charge in [0, 0.05) is 11.3 Å². The lowest BCUT2D eigenvalue weighted by molar-refractivity contribution is -0.136. The molecule has 6 heteroatoms. The number of thiazole rings is 1. The lowest BCUT2D eigenvalue weighted by Gasteiger charge is -2.15. The predicted octanol–water partition coefficient (Wildman–Crippen LogP) is 2.06. The Hall–Kier alpha value is -1.69. The van der Waals surface area contributed by atoms with Crippen LogP contribution in [0, 0.1) is 5.92 Å². The summed E-state index contributed by atoms with van der Waals surface area (Å²) < 4.78 is 0. The van der Waals surface area contributed by atoms with E-state index >= 15 is 0 Å². The summed E-state index contributed by atoms with van der Waals surface area (Å²) in [5.74, 6) is -0.951. The molecule has 1 aliphatic rings. The van der Waals surface area contributed by atoms with E-state index in [1.807, 2.05) is 6.08 Å². The van der Waals surface area contributed by atoms with E-state index in [-0.39, 0.29) is 18.2 Å². The predicted molar refractivity (Wildman–Crippen MR) is 68.6 cm³/mol. The zero-order chi connectivity index (χ0) is 13.0. The van der Waals surface area contributed by atoms with Crippen molar-refractivity contribution in [2.24, 2.45) is 5.92 Å². The van der Waals surface area contributed by atoms with Crippen molar-refractivity contribution in [3.8, 4) is 0 Å². The molecule has 96 valence electrons. The number of rotatable bonds is 4. The van der Waals surface area contributed by atoms with E-state index in [2.05, 4.69) is 16.4 Å². The quantitative estimate of drug-likeness (QED) is 0.818.